The minimum absolute atomic E-state index is 0.0515. The molecule has 9 heteroatoms. The molecular weight excluding hydrogens is 478 g/mol. The Bertz CT molecular complexity index is 1530. The molecule has 2 amide bonds. The summed E-state index contributed by atoms with van der Waals surface area (Å²) in [4.78, 5) is 32.4. The molecule has 37 heavy (non-hydrogen) atoms. The van der Waals surface area contributed by atoms with Crippen molar-refractivity contribution < 1.29 is 23.1 Å². The number of pyridine rings is 1. The number of fused-ring (bicyclic) bond motifs is 5. The number of piperidine rings is 1. The minimum atomic E-state index is -0.674. The highest BCUT2D eigenvalue weighted by Gasteiger charge is 2.57. The number of amides is 2. The number of likely N-dealkylation sites (tertiary alicyclic amines) is 1. The molecule has 1 saturated heterocycles. The zero-order valence-corrected chi connectivity index (χ0v) is 20.4. The maximum Gasteiger partial charge on any atom is 0.257 e. The number of nitrogen functional groups attached to an aromatic ring is 1. The van der Waals surface area contributed by atoms with Gasteiger partial charge in [-0.15, -0.1) is 0 Å². The van der Waals surface area contributed by atoms with Crippen LogP contribution >= 0.6 is 0 Å². The van der Waals surface area contributed by atoms with Gasteiger partial charge < -0.3 is 20.7 Å². The highest BCUT2D eigenvalue weighted by atomic mass is 19.1. The van der Waals surface area contributed by atoms with Crippen molar-refractivity contribution in [2.45, 2.75) is 57.3 Å². The van der Waals surface area contributed by atoms with Crippen LogP contribution in [-0.4, -0.2) is 28.2 Å². The number of hydrogen-bond acceptors (Lipinski definition) is 5. The van der Waals surface area contributed by atoms with Crippen molar-refractivity contribution in [2.24, 2.45) is 5.92 Å². The highest BCUT2D eigenvalue weighted by molar-refractivity contribution is 6.08. The summed E-state index contributed by atoms with van der Waals surface area (Å²) in [6, 6.07) is 5.66. The fourth-order valence-corrected chi connectivity index (χ4v) is 6.34. The van der Waals surface area contributed by atoms with Crippen molar-refractivity contribution in [3.8, 4) is 0 Å². The second-order valence-corrected chi connectivity index (χ2v) is 10.9. The number of anilines is 2. The number of nitrogens with two attached hydrogens (primary N) is 1. The van der Waals surface area contributed by atoms with Gasteiger partial charge in [-0.1, -0.05) is 13.0 Å². The fourth-order valence-electron chi connectivity index (χ4n) is 6.34. The van der Waals surface area contributed by atoms with Gasteiger partial charge in [-0.2, -0.15) is 0 Å². The van der Waals surface area contributed by atoms with E-state index < -0.39 is 29.0 Å². The second kappa shape index (κ2) is 7.71. The number of benzene rings is 2. The molecule has 7 rings (SSSR count). The predicted molar refractivity (Wildman–Crippen MR) is 133 cm³/mol. The van der Waals surface area contributed by atoms with Gasteiger partial charge in [0.25, 0.3) is 5.91 Å². The lowest BCUT2D eigenvalue weighted by Crippen LogP contribution is -2.42. The summed E-state index contributed by atoms with van der Waals surface area (Å²) in [6.07, 6.45) is 2.85. The summed E-state index contributed by atoms with van der Waals surface area (Å²) in [5.41, 5.74) is 8.88. The van der Waals surface area contributed by atoms with E-state index in [1.54, 1.807) is 11.0 Å². The van der Waals surface area contributed by atoms with Gasteiger partial charge >= 0.3 is 0 Å². The van der Waals surface area contributed by atoms with Crippen molar-refractivity contribution >= 4 is 34.2 Å². The number of rotatable bonds is 2. The number of carbonyl (C=O) groups is 2. The molecule has 190 valence electrons. The van der Waals surface area contributed by atoms with Crippen molar-refractivity contribution in [3.63, 3.8) is 0 Å². The van der Waals surface area contributed by atoms with Crippen molar-refractivity contribution in [2.75, 3.05) is 17.6 Å². The van der Waals surface area contributed by atoms with Gasteiger partial charge in [0.1, 0.15) is 17.5 Å². The van der Waals surface area contributed by atoms with Crippen LogP contribution in [0.4, 0.5) is 20.3 Å². The number of nitrogens with one attached hydrogen (secondary N) is 1. The molecule has 3 aromatic rings. The Kier molecular flexibility index (Phi) is 4.71. The standard InChI is InChI=1S/C28H26F2N4O3/c1-13-2-3-23(14-6-19-24(21(30)7-14)33-27(36)28(19)4-5-28)34(10-13)26(35)16-8-15-17-11-37-12-18(17)25(31)32-22(15)9-20(16)29/h6-9,13,23H,2-5,10-12H2,1H3,(H2,31,32)(H,33,36)/t13-,23?/m0/s1. The van der Waals surface area contributed by atoms with E-state index in [4.69, 9.17) is 10.5 Å². The molecule has 1 unspecified atom stereocenters. The summed E-state index contributed by atoms with van der Waals surface area (Å²) in [5.74, 6) is -1.26. The fraction of sp³-hybridized carbons (Fsp3) is 0.393. The molecule has 1 aliphatic carbocycles. The molecule has 0 radical (unpaired) electrons. The van der Waals surface area contributed by atoms with Crippen LogP contribution in [-0.2, 0) is 28.2 Å². The maximum atomic E-state index is 15.4. The van der Waals surface area contributed by atoms with E-state index in [9.17, 15) is 9.59 Å². The molecule has 1 saturated carbocycles. The van der Waals surface area contributed by atoms with Gasteiger partial charge in [0.05, 0.1) is 41.4 Å². The lowest BCUT2D eigenvalue weighted by molar-refractivity contribution is -0.117. The molecule has 1 spiro atoms. The molecule has 7 nitrogen and oxygen atoms in total. The average molecular weight is 505 g/mol. The first kappa shape index (κ1) is 22.6. The van der Waals surface area contributed by atoms with Crippen LogP contribution in [0.25, 0.3) is 10.9 Å². The molecule has 3 N–H and O–H groups in total. The van der Waals surface area contributed by atoms with Crippen LogP contribution in [0.5, 0.6) is 0 Å². The van der Waals surface area contributed by atoms with Crippen LogP contribution in [0.15, 0.2) is 24.3 Å². The first-order valence-corrected chi connectivity index (χ1v) is 12.7. The summed E-state index contributed by atoms with van der Waals surface area (Å²) in [7, 11) is 0. The average Bonchev–Trinajstić information content (AvgIpc) is 3.43. The van der Waals surface area contributed by atoms with Crippen molar-refractivity contribution in [3.05, 3.63) is 63.7 Å². The molecule has 2 aromatic carbocycles. The SMILES string of the molecule is C[C@H]1CCC(c2cc(F)c3c(c2)C2(CC2)C(=O)N3)N(C(=O)c2cc3c4c(c(N)nc3cc2F)COC4)C1. The number of ether oxygens (including phenoxy) is 1. The van der Waals surface area contributed by atoms with Gasteiger partial charge in [0.15, 0.2) is 0 Å². The van der Waals surface area contributed by atoms with Crippen LogP contribution < -0.4 is 11.1 Å². The van der Waals surface area contributed by atoms with E-state index in [0.717, 1.165) is 17.5 Å². The van der Waals surface area contributed by atoms with Gasteiger partial charge in [0, 0.05) is 23.6 Å². The zero-order chi connectivity index (χ0) is 25.6. The monoisotopic (exact) mass is 504 g/mol. The van der Waals surface area contributed by atoms with Crippen molar-refractivity contribution in [1.29, 1.82) is 0 Å². The minimum Gasteiger partial charge on any atom is -0.383 e. The van der Waals surface area contributed by atoms with E-state index in [-0.39, 0.29) is 23.1 Å². The Hall–Kier alpha value is -3.59. The van der Waals surface area contributed by atoms with Crippen LogP contribution in [0.3, 0.4) is 0 Å². The molecular formula is C28H26F2N4O3. The first-order valence-electron chi connectivity index (χ1n) is 12.7. The largest absolute Gasteiger partial charge is 0.383 e. The molecule has 2 atom stereocenters. The summed E-state index contributed by atoms with van der Waals surface area (Å²) < 4.78 is 36.1. The van der Waals surface area contributed by atoms with E-state index in [0.29, 0.717) is 66.9 Å². The summed E-state index contributed by atoms with van der Waals surface area (Å²) in [6.45, 7) is 3.13. The molecule has 2 fully saturated rings. The Balaban J connectivity index is 1.31. The Morgan fingerprint density at radius 3 is 2.70 bits per heavy atom. The Morgan fingerprint density at radius 1 is 1.14 bits per heavy atom. The molecule has 3 aliphatic heterocycles. The molecule has 0 bridgehead atoms. The van der Waals surface area contributed by atoms with Crippen LogP contribution in [0, 0.1) is 17.6 Å². The van der Waals surface area contributed by atoms with Gasteiger partial charge in [0.2, 0.25) is 5.91 Å². The topological polar surface area (TPSA) is 97.6 Å². The number of nitrogens with zero attached hydrogens (tertiary/aromatic N) is 2. The molecule has 4 heterocycles. The summed E-state index contributed by atoms with van der Waals surface area (Å²) in [5, 5.41) is 3.35. The van der Waals surface area contributed by atoms with Gasteiger partial charge in [-0.3, -0.25) is 9.59 Å². The third-order valence-corrected chi connectivity index (χ3v) is 8.56. The second-order valence-electron chi connectivity index (χ2n) is 10.9. The Labute approximate surface area is 212 Å². The van der Waals surface area contributed by atoms with E-state index in [1.807, 2.05) is 6.07 Å². The number of carbonyl (C=O) groups excluding carboxylic acids is 2. The number of hydrogen-bond donors (Lipinski definition) is 2. The maximum absolute atomic E-state index is 15.4. The molecule has 1 aromatic heterocycles. The van der Waals surface area contributed by atoms with Crippen LogP contribution in [0.2, 0.25) is 0 Å². The van der Waals surface area contributed by atoms with E-state index >= 15 is 8.78 Å². The third kappa shape index (κ3) is 3.22. The number of halogens is 2. The molecule has 4 aliphatic rings. The highest BCUT2D eigenvalue weighted by Crippen LogP contribution is 2.56. The quantitative estimate of drug-likeness (QED) is 0.526. The van der Waals surface area contributed by atoms with E-state index in [2.05, 4.69) is 17.2 Å². The lowest BCUT2D eigenvalue weighted by atomic mass is 9.86. The lowest BCUT2D eigenvalue weighted by Gasteiger charge is -2.39. The van der Waals surface area contributed by atoms with Gasteiger partial charge in [-0.25, -0.2) is 13.8 Å². The number of aromatic nitrogens is 1. The van der Waals surface area contributed by atoms with Crippen LogP contribution in [0.1, 0.15) is 71.3 Å². The normalized spacial score (nSPS) is 23.3. The van der Waals surface area contributed by atoms with Crippen molar-refractivity contribution in [1.82, 2.24) is 9.88 Å². The summed E-state index contributed by atoms with van der Waals surface area (Å²) >= 11 is 0. The van der Waals surface area contributed by atoms with E-state index in [1.165, 1.54) is 12.1 Å². The van der Waals surface area contributed by atoms with Gasteiger partial charge in [-0.05, 0) is 60.4 Å². The predicted octanol–water partition coefficient (Wildman–Crippen LogP) is 4.72. The zero-order valence-electron chi connectivity index (χ0n) is 20.4. The first-order chi connectivity index (χ1) is 17.8. The third-order valence-electron chi connectivity index (χ3n) is 8.56. The Morgan fingerprint density at radius 2 is 1.92 bits per heavy atom. The smallest absolute Gasteiger partial charge is 0.257 e.